The van der Waals surface area contributed by atoms with E-state index in [-0.39, 0.29) is 0 Å². The fraction of sp³-hybridized carbons (Fsp3) is 0.133. The molecule has 0 aliphatic heterocycles. The van der Waals surface area contributed by atoms with Gasteiger partial charge in [0, 0.05) is 25.5 Å². The summed E-state index contributed by atoms with van der Waals surface area (Å²) < 4.78 is 3.67. The fourth-order valence-corrected chi connectivity index (χ4v) is 2.16. The van der Waals surface area contributed by atoms with Gasteiger partial charge in [0.25, 0.3) is 0 Å². The summed E-state index contributed by atoms with van der Waals surface area (Å²) in [4.78, 5) is 0. The van der Waals surface area contributed by atoms with Crippen LogP contribution in [0.2, 0.25) is 0 Å². The van der Waals surface area contributed by atoms with Gasteiger partial charge in [0.15, 0.2) is 0 Å². The lowest BCUT2D eigenvalue weighted by Gasteiger charge is -2.07. The third-order valence-corrected chi connectivity index (χ3v) is 3.24. The van der Waals surface area contributed by atoms with Crippen molar-refractivity contribution in [2.75, 3.05) is 5.32 Å². The highest BCUT2D eigenvalue weighted by Gasteiger charge is 2.03. The molecule has 104 valence electrons. The smallest absolute Gasteiger partial charge is 0.123 e. The first-order chi connectivity index (χ1) is 10.3. The van der Waals surface area contributed by atoms with E-state index in [1.165, 1.54) is 0 Å². The zero-order valence-electron chi connectivity index (χ0n) is 11.6. The van der Waals surface area contributed by atoms with Crippen LogP contribution in [0.3, 0.4) is 0 Å². The number of nitrogens with one attached hydrogen (secondary N) is 1. The molecule has 0 unspecified atom stereocenters. The average molecular weight is 278 g/mol. The highest BCUT2D eigenvalue weighted by molar-refractivity contribution is 5.51. The van der Waals surface area contributed by atoms with E-state index in [4.69, 9.17) is 5.26 Å². The number of anilines is 1. The lowest BCUT2D eigenvalue weighted by molar-refractivity contribution is 0.902. The van der Waals surface area contributed by atoms with Crippen molar-refractivity contribution >= 4 is 5.69 Å². The number of hydrogen-bond acceptors (Lipinski definition) is 4. The number of hydrogen-bond donors (Lipinski definition) is 1. The SMILES string of the molecule is Cn1cc(CNc2cccc(-n3cnnc3)c2)cc1C#N. The largest absolute Gasteiger partial charge is 0.381 e. The Morgan fingerprint density at radius 2 is 2.05 bits per heavy atom. The van der Waals surface area contributed by atoms with Crippen LogP contribution in [0.1, 0.15) is 11.3 Å². The van der Waals surface area contributed by atoms with Gasteiger partial charge in [-0.3, -0.25) is 4.57 Å². The minimum Gasteiger partial charge on any atom is -0.381 e. The third kappa shape index (κ3) is 2.77. The second kappa shape index (κ2) is 5.51. The number of aromatic nitrogens is 4. The summed E-state index contributed by atoms with van der Waals surface area (Å²) in [6, 6.07) is 12.0. The van der Waals surface area contributed by atoms with Crippen molar-refractivity contribution < 1.29 is 0 Å². The summed E-state index contributed by atoms with van der Waals surface area (Å²) in [5.74, 6) is 0. The molecule has 0 radical (unpaired) electrons. The number of nitrogens with zero attached hydrogens (tertiary/aromatic N) is 5. The highest BCUT2D eigenvalue weighted by Crippen LogP contribution is 2.15. The van der Waals surface area contributed by atoms with E-state index in [0.29, 0.717) is 12.2 Å². The van der Waals surface area contributed by atoms with Gasteiger partial charge >= 0.3 is 0 Å². The molecule has 21 heavy (non-hydrogen) atoms. The lowest BCUT2D eigenvalue weighted by atomic mass is 10.2. The molecule has 3 rings (SSSR count). The number of nitriles is 1. The van der Waals surface area contributed by atoms with Crippen molar-refractivity contribution in [2.24, 2.45) is 7.05 Å². The van der Waals surface area contributed by atoms with Crippen LogP contribution in [0.4, 0.5) is 5.69 Å². The topological polar surface area (TPSA) is 71.5 Å². The van der Waals surface area contributed by atoms with Crippen LogP contribution in [0.25, 0.3) is 5.69 Å². The van der Waals surface area contributed by atoms with Crippen molar-refractivity contribution in [1.82, 2.24) is 19.3 Å². The first-order valence-electron chi connectivity index (χ1n) is 6.50. The van der Waals surface area contributed by atoms with Gasteiger partial charge in [-0.2, -0.15) is 5.26 Å². The van der Waals surface area contributed by atoms with E-state index in [0.717, 1.165) is 16.9 Å². The van der Waals surface area contributed by atoms with Gasteiger partial charge in [-0.05, 0) is 29.8 Å². The summed E-state index contributed by atoms with van der Waals surface area (Å²) in [7, 11) is 1.87. The van der Waals surface area contributed by atoms with Crippen LogP contribution in [0.15, 0.2) is 49.2 Å². The van der Waals surface area contributed by atoms with E-state index in [9.17, 15) is 0 Å². The molecule has 0 atom stereocenters. The first kappa shape index (κ1) is 12.9. The van der Waals surface area contributed by atoms with Crippen LogP contribution in [0.5, 0.6) is 0 Å². The maximum Gasteiger partial charge on any atom is 0.123 e. The minimum atomic E-state index is 0.657. The molecule has 0 bridgehead atoms. The molecular weight excluding hydrogens is 264 g/mol. The number of rotatable bonds is 4. The summed E-state index contributed by atoms with van der Waals surface area (Å²) in [5.41, 5.74) is 3.73. The molecule has 0 saturated carbocycles. The summed E-state index contributed by atoms with van der Waals surface area (Å²) in [5, 5.41) is 19.9. The number of benzene rings is 1. The van der Waals surface area contributed by atoms with Crippen LogP contribution in [0, 0.1) is 11.3 Å². The monoisotopic (exact) mass is 278 g/mol. The van der Waals surface area contributed by atoms with Gasteiger partial charge in [0.1, 0.15) is 24.4 Å². The molecule has 0 saturated heterocycles. The quantitative estimate of drug-likeness (QED) is 0.793. The average Bonchev–Trinajstić information content (AvgIpc) is 3.15. The van der Waals surface area contributed by atoms with E-state index in [1.54, 1.807) is 12.7 Å². The van der Waals surface area contributed by atoms with Crippen LogP contribution >= 0.6 is 0 Å². The maximum atomic E-state index is 8.95. The van der Waals surface area contributed by atoms with E-state index in [2.05, 4.69) is 21.6 Å². The molecule has 0 fully saturated rings. The molecule has 0 amide bonds. The normalized spacial score (nSPS) is 10.3. The summed E-state index contributed by atoms with van der Waals surface area (Å²) in [6.07, 6.45) is 5.28. The second-order valence-electron chi connectivity index (χ2n) is 4.73. The summed E-state index contributed by atoms with van der Waals surface area (Å²) >= 11 is 0. The highest BCUT2D eigenvalue weighted by atomic mass is 15.2. The van der Waals surface area contributed by atoms with Crippen molar-refractivity contribution in [1.29, 1.82) is 5.26 Å². The van der Waals surface area contributed by atoms with Gasteiger partial charge in [0.05, 0.1) is 5.69 Å². The maximum absolute atomic E-state index is 8.95. The van der Waals surface area contributed by atoms with Gasteiger partial charge in [-0.25, -0.2) is 0 Å². The van der Waals surface area contributed by atoms with Gasteiger partial charge in [-0.15, -0.1) is 10.2 Å². The Labute approximate surface area is 122 Å². The molecule has 3 aromatic rings. The van der Waals surface area contributed by atoms with Crippen LogP contribution < -0.4 is 5.32 Å². The summed E-state index contributed by atoms with van der Waals surface area (Å²) in [6.45, 7) is 0.668. The Kier molecular flexibility index (Phi) is 3.39. The van der Waals surface area contributed by atoms with Crippen LogP contribution in [-0.4, -0.2) is 19.3 Å². The molecule has 2 aromatic heterocycles. The minimum absolute atomic E-state index is 0.657. The molecule has 6 heteroatoms. The Morgan fingerprint density at radius 1 is 1.24 bits per heavy atom. The van der Waals surface area contributed by atoms with Gasteiger partial charge in [0.2, 0.25) is 0 Å². The van der Waals surface area contributed by atoms with Crippen molar-refractivity contribution in [3.63, 3.8) is 0 Å². The molecule has 0 aliphatic carbocycles. The molecule has 1 N–H and O–H groups in total. The Bertz CT molecular complexity index is 779. The molecule has 6 nitrogen and oxygen atoms in total. The molecule has 2 heterocycles. The van der Waals surface area contributed by atoms with Crippen molar-refractivity contribution in [3.05, 3.63) is 60.4 Å². The fourth-order valence-electron chi connectivity index (χ4n) is 2.16. The van der Waals surface area contributed by atoms with E-state index < -0.39 is 0 Å². The molecule has 0 aliphatic rings. The molecule has 0 spiro atoms. The molecular formula is C15H14N6. The predicted octanol–water partition coefficient (Wildman–Crippen LogP) is 2.09. The zero-order valence-corrected chi connectivity index (χ0v) is 11.6. The first-order valence-corrected chi connectivity index (χ1v) is 6.50. The van der Waals surface area contributed by atoms with Gasteiger partial charge < -0.3 is 9.88 Å². The Hall–Kier alpha value is -3.07. The lowest BCUT2D eigenvalue weighted by Crippen LogP contribution is -1.99. The molecule has 1 aromatic carbocycles. The van der Waals surface area contributed by atoms with E-state index >= 15 is 0 Å². The Morgan fingerprint density at radius 3 is 2.76 bits per heavy atom. The zero-order chi connectivity index (χ0) is 14.7. The Balaban J connectivity index is 1.73. The standard InChI is InChI=1S/C15H14N6/c1-20-9-12(5-15(20)7-16)8-17-13-3-2-4-14(6-13)21-10-18-19-11-21/h2-6,9-11,17H,8H2,1H3. The van der Waals surface area contributed by atoms with Crippen molar-refractivity contribution in [3.8, 4) is 11.8 Å². The second-order valence-corrected chi connectivity index (χ2v) is 4.73. The van der Waals surface area contributed by atoms with Crippen LogP contribution in [-0.2, 0) is 13.6 Å². The number of aryl methyl sites for hydroxylation is 1. The van der Waals surface area contributed by atoms with E-state index in [1.807, 2.05) is 52.7 Å². The predicted molar refractivity (Wildman–Crippen MR) is 78.8 cm³/mol. The third-order valence-electron chi connectivity index (χ3n) is 3.24. The van der Waals surface area contributed by atoms with Gasteiger partial charge in [-0.1, -0.05) is 6.07 Å². The van der Waals surface area contributed by atoms with Crippen molar-refractivity contribution in [2.45, 2.75) is 6.54 Å².